The number of rotatable bonds is 2. The maximum Gasteiger partial charge on any atom is 0.274 e. The molecule has 1 aromatic heterocycles. The number of aryl methyl sites for hydroxylation is 1. The quantitative estimate of drug-likeness (QED) is 0.833. The molecule has 2 aliphatic rings. The normalized spacial score (nSPS) is 23.5. The molecule has 0 bridgehead atoms. The van der Waals surface area contributed by atoms with Gasteiger partial charge in [-0.2, -0.15) is 5.10 Å². The van der Waals surface area contributed by atoms with Crippen LogP contribution in [0.15, 0.2) is 29.1 Å². The molecule has 2 atom stereocenters. The van der Waals surface area contributed by atoms with E-state index in [1.807, 2.05) is 23.1 Å². The van der Waals surface area contributed by atoms with E-state index in [1.165, 1.54) is 4.68 Å². The van der Waals surface area contributed by atoms with Gasteiger partial charge in [0.1, 0.15) is 0 Å². The number of carbonyl (C=O) groups is 1. The van der Waals surface area contributed by atoms with Crippen LogP contribution in [0.5, 0.6) is 0 Å². The molecule has 0 N–H and O–H groups in total. The molecule has 1 aliphatic carbocycles. The van der Waals surface area contributed by atoms with Gasteiger partial charge in [-0.05, 0) is 25.3 Å². The zero-order valence-corrected chi connectivity index (χ0v) is 13.8. The van der Waals surface area contributed by atoms with Crippen molar-refractivity contribution in [3.8, 4) is 0 Å². The van der Waals surface area contributed by atoms with Gasteiger partial charge in [0.25, 0.3) is 5.56 Å². The lowest BCUT2D eigenvalue weighted by Gasteiger charge is -2.37. The van der Waals surface area contributed by atoms with Gasteiger partial charge >= 0.3 is 0 Å². The second-order valence-electron chi connectivity index (χ2n) is 6.59. The van der Waals surface area contributed by atoms with E-state index in [0.29, 0.717) is 24.2 Å². The average Bonchev–Trinajstić information content (AvgIpc) is 3.08. The van der Waals surface area contributed by atoms with Gasteiger partial charge in [0.15, 0.2) is 0 Å². The number of hydrogen-bond acceptors (Lipinski definition) is 4. The van der Waals surface area contributed by atoms with E-state index in [9.17, 15) is 9.59 Å². The molecular weight excluding hydrogens is 306 g/mol. The highest BCUT2D eigenvalue weighted by atomic mass is 16.5. The number of benzene rings is 1. The summed E-state index contributed by atoms with van der Waals surface area (Å²) in [5, 5.41) is 5.73. The van der Waals surface area contributed by atoms with Gasteiger partial charge in [-0.1, -0.05) is 18.2 Å². The summed E-state index contributed by atoms with van der Waals surface area (Å²) in [5.74, 6) is 0.0755. The van der Waals surface area contributed by atoms with Crippen molar-refractivity contribution in [1.29, 1.82) is 0 Å². The molecule has 1 aliphatic heterocycles. The molecule has 126 valence electrons. The standard InChI is InChI=1S/C18H21N3O3/c1-20-18(23)13-6-3-2-5-12(13)14(19-20)11-17(22)21-9-10-24-16-8-4-7-15(16)21/h2-3,5-6,15-16H,4,7-11H2,1H3/t15-,16-/m1/s1. The first-order chi connectivity index (χ1) is 11.6. The Kier molecular flexibility index (Phi) is 3.84. The minimum atomic E-state index is -0.135. The van der Waals surface area contributed by atoms with Gasteiger partial charge in [-0.15, -0.1) is 0 Å². The number of fused-ring (bicyclic) bond motifs is 2. The molecular formula is C18H21N3O3. The third kappa shape index (κ3) is 2.51. The Bertz CT molecular complexity index is 845. The smallest absolute Gasteiger partial charge is 0.274 e. The van der Waals surface area contributed by atoms with Gasteiger partial charge in [0, 0.05) is 19.0 Å². The maximum atomic E-state index is 12.9. The van der Waals surface area contributed by atoms with E-state index in [0.717, 1.165) is 24.6 Å². The Morgan fingerprint density at radius 3 is 2.92 bits per heavy atom. The number of amides is 1. The fourth-order valence-corrected chi connectivity index (χ4v) is 3.99. The summed E-state index contributed by atoms with van der Waals surface area (Å²) in [6.07, 6.45) is 3.57. The summed E-state index contributed by atoms with van der Waals surface area (Å²) in [4.78, 5) is 27.1. The largest absolute Gasteiger partial charge is 0.374 e. The fraction of sp³-hybridized carbons (Fsp3) is 0.500. The number of aromatic nitrogens is 2. The van der Waals surface area contributed by atoms with Crippen LogP contribution in [0.1, 0.15) is 25.0 Å². The van der Waals surface area contributed by atoms with Crippen molar-refractivity contribution < 1.29 is 9.53 Å². The third-order valence-electron chi connectivity index (χ3n) is 5.15. The average molecular weight is 327 g/mol. The zero-order valence-electron chi connectivity index (χ0n) is 13.8. The van der Waals surface area contributed by atoms with E-state index in [4.69, 9.17) is 4.74 Å². The van der Waals surface area contributed by atoms with Crippen molar-refractivity contribution in [2.24, 2.45) is 7.05 Å². The van der Waals surface area contributed by atoms with Crippen LogP contribution in [0.3, 0.4) is 0 Å². The predicted octanol–water partition coefficient (Wildman–Crippen LogP) is 1.26. The van der Waals surface area contributed by atoms with Crippen LogP contribution in [-0.4, -0.2) is 45.9 Å². The monoisotopic (exact) mass is 327 g/mol. The van der Waals surface area contributed by atoms with Gasteiger partial charge in [0.2, 0.25) is 5.91 Å². The van der Waals surface area contributed by atoms with Crippen LogP contribution in [0.2, 0.25) is 0 Å². The first kappa shape index (κ1) is 15.3. The van der Waals surface area contributed by atoms with Crippen LogP contribution in [-0.2, 0) is 23.0 Å². The second-order valence-corrected chi connectivity index (χ2v) is 6.59. The molecule has 24 heavy (non-hydrogen) atoms. The summed E-state index contributed by atoms with van der Waals surface area (Å²) in [6, 6.07) is 7.56. The number of hydrogen-bond donors (Lipinski definition) is 0. The van der Waals surface area contributed by atoms with E-state index in [1.54, 1.807) is 13.1 Å². The summed E-state index contributed by atoms with van der Waals surface area (Å²) in [5.41, 5.74) is 0.530. The highest BCUT2D eigenvalue weighted by Gasteiger charge is 2.38. The van der Waals surface area contributed by atoms with Gasteiger partial charge in [0.05, 0.1) is 36.3 Å². The first-order valence-electron chi connectivity index (χ1n) is 8.51. The van der Waals surface area contributed by atoms with Gasteiger partial charge in [-0.25, -0.2) is 4.68 Å². The SMILES string of the molecule is Cn1nc(CC(=O)N2CCO[C@@H]3CCC[C@H]32)c2ccccc2c1=O. The Balaban J connectivity index is 1.66. The minimum Gasteiger partial charge on any atom is -0.374 e. The van der Waals surface area contributed by atoms with Crippen molar-refractivity contribution >= 4 is 16.7 Å². The number of nitrogens with zero attached hydrogens (tertiary/aromatic N) is 3. The molecule has 6 nitrogen and oxygen atoms in total. The van der Waals surface area contributed by atoms with Crippen molar-refractivity contribution in [3.05, 3.63) is 40.3 Å². The molecule has 0 spiro atoms. The first-order valence-corrected chi connectivity index (χ1v) is 8.51. The van der Waals surface area contributed by atoms with Crippen LogP contribution < -0.4 is 5.56 Å². The van der Waals surface area contributed by atoms with Crippen LogP contribution in [0.4, 0.5) is 0 Å². The molecule has 0 unspecified atom stereocenters. The Labute approximate surface area is 140 Å². The Morgan fingerprint density at radius 1 is 1.29 bits per heavy atom. The van der Waals surface area contributed by atoms with Crippen LogP contribution in [0.25, 0.3) is 10.8 Å². The summed E-state index contributed by atoms with van der Waals surface area (Å²) in [7, 11) is 1.63. The molecule has 1 saturated heterocycles. The van der Waals surface area contributed by atoms with Crippen LogP contribution >= 0.6 is 0 Å². The van der Waals surface area contributed by atoms with E-state index >= 15 is 0 Å². The zero-order chi connectivity index (χ0) is 16.7. The molecule has 2 fully saturated rings. The lowest BCUT2D eigenvalue weighted by Crippen LogP contribution is -2.51. The lowest BCUT2D eigenvalue weighted by atomic mass is 10.1. The minimum absolute atomic E-state index is 0.0755. The Hall–Kier alpha value is -2.21. The molecule has 1 amide bonds. The second kappa shape index (κ2) is 6.02. The predicted molar refractivity (Wildman–Crippen MR) is 89.8 cm³/mol. The van der Waals surface area contributed by atoms with Crippen molar-refractivity contribution in [2.75, 3.05) is 13.2 Å². The summed E-state index contributed by atoms with van der Waals surface area (Å²) < 4.78 is 7.10. The number of carbonyl (C=O) groups excluding carboxylic acids is 1. The molecule has 2 heterocycles. The molecule has 1 aromatic carbocycles. The van der Waals surface area contributed by atoms with Crippen molar-refractivity contribution in [2.45, 2.75) is 37.8 Å². The van der Waals surface area contributed by atoms with E-state index in [-0.39, 0.29) is 30.0 Å². The molecule has 2 aromatic rings. The summed E-state index contributed by atoms with van der Waals surface area (Å²) >= 11 is 0. The van der Waals surface area contributed by atoms with Gasteiger partial charge in [-0.3, -0.25) is 9.59 Å². The maximum absolute atomic E-state index is 12.9. The topological polar surface area (TPSA) is 64.4 Å². The molecule has 0 radical (unpaired) electrons. The van der Waals surface area contributed by atoms with Gasteiger partial charge < -0.3 is 9.64 Å². The highest BCUT2D eigenvalue weighted by Crippen LogP contribution is 2.30. The lowest BCUT2D eigenvalue weighted by molar-refractivity contribution is -0.143. The van der Waals surface area contributed by atoms with E-state index < -0.39 is 0 Å². The number of morpholine rings is 1. The van der Waals surface area contributed by atoms with Crippen molar-refractivity contribution in [1.82, 2.24) is 14.7 Å². The third-order valence-corrected chi connectivity index (χ3v) is 5.15. The summed E-state index contributed by atoms with van der Waals surface area (Å²) in [6.45, 7) is 1.25. The fourth-order valence-electron chi connectivity index (χ4n) is 3.99. The number of ether oxygens (including phenoxy) is 1. The molecule has 4 rings (SSSR count). The molecule has 1 saturated carbocycles. The van der Waals surface area contributed by atoms with Crippen LogP contribution in [0, 0.1) is 0 Å². The highest BCUT2D eigenvalue weighted by molar-refractivity contribution is 5.88. The Morgan fingerprint density at radius 2 is 2.08 bits per heavy atom. The van der Waals surface area contributed by atoms with E-state index in [2.05, 4.69) is 5.10 Å². The van der Waals surface area contributed by atoms with Crippen molar-refractivity contribution in [3.63, 3.8) is 0 Å². The molecule has 6 heteroatoms.